The van der Waals surface area contributed by atoms with E-state index >= 15 is 0 Å². The van der Waals surface area contributed by atoms with Crippen molar-refractivity contribution in [2.24, 2.45) is 4.99 Å². The number of nitrogens with zero attached hydrogens (tertiary/aromatic N) is 1. The van der Waals surface area contributed by atoms with Gasteiger partial charge in [0.1, 0.15) is 5.75 Å². The van der Waals surface area contributed by atoms with Crippen molar-refractivity contribution >= 4 is 45.4 Å². The van der Waals surface area contributed by atoms with Gasteiger partial charge in [-0.3, -0.25) is 4.99 Å². The number of halogens is 3. The average Bonchev–Trinajstić information content (AvgIpc) is 2.91. The van der Waals surface area contributed by atoms with E-state index in [0.29, 0.717) is 11.3 Å². The summed E-state index contributed by atoms with van der Waals surface area (Å²) in [7, 11) is 0. The lowest BCUT2D eigenvalue weighted by Gasteiger charge is -2.05. The fourth-order valence-corrected chi connectivity index (χ4v) is 3.49. The Morgan fingerprint density at radius 1 is 0.675 bits per heavy atom. The molecule has 0 fully saturated rings. The summed E-state index contributed by atoms with van der Waals surface area (Å²) < 4.78 is 35.6. The Hall–Kier alpha value is -5.18. The van der Waals surface area contributed by atoms with Crippen LogP contribution in [0, 0.1) is 6.92 Å². The molecule has 0 saturated heterocycles. The third kappa shape index (κ3) is 8.42. The average molecular weight is 546 g/mol. The zero-order valence-electron chi connectivity index (χ0n) is 21.7. The summed E-state index contributed by atoms with van der Waals surface area (Å²) in [5.74, 6) is 0.235. The Bertz CT molecular complexity index is 1560. The number of benzene rings is 5. The standard InChI is InChI=1S/C18H16N2O.C7H6F3N.C6H8N2/c1-12-6-7-13(18(21)10-12)11-20-17-9-8-16(19)14-4-2-3-5-15(14)17;8-7(9,10)5-1-3-6(11)4-2-5;7-5-1-2-6(8)4-3-5/h2-11,21H,19H2,1H3;1-4H,11H2;1-4H,7-8H2. The van der Waals surface area contributed by atoms with Crippen molar-refractivity contribution in [3.63, 3.8) is 0 Å². The second kappa shape index (κ2) is 13.1. The minimum atomic E-state index is -4.27. The van der Waals surface area contributed by atoms with E-state index in [1.807, 2.05) is 55.5 Å². The summed E-state index contributed by atoms with van der Waals surface area (Å²) >= 11 is 0. The maximum Gasteiger partial charge on any atom is 0.416 e. The van der Waals surface area contributed by atoms with Crippen LogP contribution in [0.1, 0.15) is 16.7 Å². The number of aliphatic imine (C=N–C) groups is 1. The largest absolute Gasteiger partial charge is 0.507 e. The molecule has 5 aromatic rings. The number of alkyl halides is 3. The Balaban J connectivity index is 0.000000193. The van der Waals surface area contributed by atoms with Crippen molar-refractivity contribution < 1.29 is 18.3 Å². The molecule has 0 unspecified atom stereocenters. The van der Waals surface area contributed by atoms with Crippen LogP contribution in [-0.2, 0) is 6.18 Å². The lowest BCUT2D eigenvalue weighted by Crippen LogP contribution is -2.04. The quantitative estimate of drug-likeness (QED) is 0.117. The number of nitrogens with two attached hydrogens (primary N) is 4. The highest BCUT2D eigenvalue weighted by Gasteiger charge is 2.29. The zero-order valence-corrected chi connectivity index (χ0v) is 21.7. The molecule has 206 valence electrons. The molecule has 0 atom stereocenters. The topological polar surface area (TPSA) is 137 Å². The van der Waals surface area contributed by atoms with Gasteiger partial charge in [0.15, 0.2) is 0 Å². The Morgan fingerprint density at radius 2 is 1.20 bits per heavy atom. The maximum absolute atomic E-state index is 11.9. The monoisotopic (exact) mass is 545 g/mol. The van der Waals surface area contributed by atoms with Crippen LogP contribution in [0.15, 0.2) is 108 Å². The Labute approximate surface area is 230 Å². The molecule has 0 aliphatic carbocycles. The fraction of sp³-hybridized carbons (Fsp3) is 0.0645. The minimum absolute atomic E-state index is 0.235. The predicted octanol–water partition coefficient (Wildman–Crippen LogP) is 7.33. The minimum Gasteiger partial charge on any atom is -0.507 e. The first-order chi connectivity index (χ1) is 18.9. The smallest absolute Gasteiger partial charge is 0.416 e. The third-order valence-corrected chi connectivity index (χ3v) is 5.64. The highest BCUT2D eigenvalue weighted by atomic mass is 19.4. The maximum atomic E-state index is 11.9. The van der Waals surface area contributed by atoms with Gasteiger partial charge in [0.05, 0.1) is 11.3 Å². The van der Waals surface area contributed by atoms with Crippen LogP contribution in [0.5, 0.6) is 5.75 Å². The van der Waals surface area contributed by atoms with Crippen LogP contribution in [0.25, 0.3) is 10.8 Å². The molecule has 40 heavy (non-hydrogen) atoms. The van der Waals surface area contributed by atoms with E-state index in [1.165, 1.54) is 12.1 Å². The van der Waals surface area contributed by atoms with Gasteiger partial charge in [0.2, 0.25) is 0 Å². The summed E-state index contributed by atoms with van der Waals surface area (Å²) in [5.41, 5.74) is 26.4. The molecule has 0 aliphatic rings. The summed E-state index contributed by atoms with van der Waals surface area (Å²) in [6.45, 7) is 1.94. The summed E-state index contributed by atoms with van der Waals surface area (Å²) in [6, 6.07) is 28.6. The number of rotatable bonds is 2. The first-order valence-corrected chi connectivity index (χ1v) is 12.1. The molecular formula is C31H30F3N5O. The molecule has 6 nitrogen and oxygen atoms in total. The van der Waals surface area contributed by atoms with E-state index < -0.39 is 11.7 Å². The van der Waals surface area contributed by atoms with Crippen molar-refractivity contribution in [2.45, 2.75) is 13.1 Å². The molecule has 5 rings (SSSR count). The number of anilines is 4. The number of aryl methyl sites for hydroxylation is 1. The highest BCUT2D eigenvalue weighted by molar-refractivity contribution is 6.01. The van der Waals surface area contributed by atoms with Gasteiger partial charge in [0, 0.05) is 45.3 Å². The number of hydrogen-bond donors (Lipinski definition) is 5. The Morgan fingerprint density at radius 3 is 1.73 bits per heavy atom. The first kappa shape index (κ1) is 29.4. The van der Waals surface area contributed by atoms with Gasteiger partial charge in [-0.1, -0.05) is 30.3 Å². The lowest BCUT2D eigenvalue weighted by molar-refractivity contribution is -0.137. The van der Waals surface area contributed by atoms with Crippen molar-refractivity contribution in [1.29, 1.82) is 0 Å². The van der Waals surface area contributed by atoms with Gasteiger partial charge in [-0.25, -0.2) is 0 Å². The van der Waals surface area contributed by atoms with Crippen LogP contribution in [-0.4, -0.2) is 11.3 Å². The van der Waals surface area contributed by atoms with E-state index in [2.05, 4.69) is 4.99 Å². The molecule has 0 aromatic heterocycles. The van der Waals surface area contributed by atoms with Crippen LogP contribution < -0.4 is 22.9 Å². The van der Waals surface area contributed by atoms with Crippen LogP contribution in [0.2, 0.25) is 0 Å². The molecule has 9 N–H and O–H groups in total. The number of phenols is 1. The molecule has 0 amide bonds. The predicted molar refractivity (Wildman–Crippen MR) is 160 cm³/mol. The fourth-order valence-electron chi connectivity index (χ4n) is 3.49. The molecule has 0 saturated carbocycles. The van der Waals surface area contributed by atoms with Crippen molar-refractivity contribution in [3.05, 3.63) is 120 Å². The van der Waals surface area contributed by atoms with E-state index in [1.54, 1.807) is 36.5 Å². The molecule has 0 spiro atoms. The number of nitrogen functional groups attached to an aromatic ring is 4. The Kier molecular flexibility index (Phi) is 9.59. The van der Waals surface area contributed by atoms with Gasteiger partial charge in [-0.15, -0.1) is 0 Å². The molecule has 5 aromatic carbocycles. The first-order valence-electron chi connectivity index (χ1n) is 12.1. The van der Waals surface area contributed by atoms with Gasteiger partial charge >= 0.3 is 6.18 Å². The van der Waals surface area contributed by atoms with Crippen LogP contribution >= 0.6 is 0 Å². The van der Waals surface area contributed by atoms with Gasteiger partial charge < -0.3 is 28.0 Å². The normalized spacial score (nSPS) is 10.9. The second-order valence-corrected chi connectivity index (χ2v) is 8.83. The van der Waals surface area contributed by atoms with Crippen molar-refractivity contribution in [1.82, 2.24) is 0 Å². The highest BCUT2D eigenvalue weighted by Crippen LogP contribution is 2.31. The SMILES string of the molecule is Cc1ccc(C=Nc2ccc(N)c3ccccc23)c(O)c1.Nc1ccc(C(F)(F)F)cc1.Nc1ccc(N)cc1. The van der Waals surface area contributed by atoms with E-state index in [9.17, 15) is 18.3 Å². The molecule has 9 heteroatoms. The summed E-state index contributed by atoms with van der Waals surface area (Å²) in [5, 5.41) is 11.9. The van der Waals surface area contributed by atoms with Gasteiger partial charge in [0.25, 0.3) is 0 Å². The van der Waals surface area contributed by atoms with E-state index in [0.717, 1.165) is 51.2 Å². The van der Waals surface area contributed by atoms with Crippen LogP contribution in [0.3, 0.4) is 0 Å². The van der Waals surface area contributed by atoms with Gasteiger partial charge in [-0.05, 0) is 85.3 Å². The number of fused-ring (bicyclic) bond motifs is 1. The molecular weight excluding hydrogens is 515 g/mol. The lowest BCUT2D eigenvalue weighted by atomic mass is 10.1. The molecule has 0 aliphatic heterocycles. The van der Waals surface area contributed by atoms with Gasteiger partial charge in [-0.2, -0.15) is 13.2 Å². The number of hydrogen-bond acceptors (Lipinski definition) is 6. The third-order valence-electron chi connectivity index (χ3n) is 5.64. The van der Waals surface area contributed by atoms with E-state index in [4.69, 9.17) is 22.9 Å². The van der Waals surface area contributed by atoms with Crippen molar-refractivity contribution in [3.8, 4) is 5.75 Å². The molecule has 0 heterocycles. The number of phenolic OH excluding ortho intramolecular Hbond substituents is 1. The van der Waals surface area contributed by atoms with Crippen molar-refractivity contribution in [2.75, 3.05) is 22.9 Å². The number of aromatic hydroxyl groups is 1. The van der Waals surface area contributed by atoms with E-state index in [-0.39, 0.29) is 5.75 Å². The molecule has 0 bridgehead atoms. The summed E-state index contributed by atoms with van der Waals surface area (Å²) in [4.78, 5) is 4.50. The second-order valence-electron chi connectivity index (χ2n) is 8.83. The molecule has 0 radical (unpaired) electrons. The summed E-state index contributed by atoms with van der Waals surface area (Å²) in [6.07, 6.45) is -2.60. The zero-order chi connectivity index (χ0) is 29.3. The van der Waals surface area contributed by atoms with Crippen LogP contribution in [0.4, 0.5) is 41.6 Å².